The Kier molecular flexibility index (Phi) is 5.58. The minimum Gasteiger partial charge on any atom is -0.488 e. The number of pyridine rings is 1. The maximum Gasteiger partial charge on any atom is 0.272 e. The number of hydrazone groups is 1. The number of carbonyl (C=O) groups excluding carboxylic acids is 1. The molecule has 142 valence electrons. The largest absolute Gasteiger partial charge is 0.488 e. The number of rotatable bonds is 6. The van der Waals surface area contributed by atoms with E-state index in [1.54, 1.807) is 24.5 Å². The van der Waals surface area contributed by atoms with E-state index in [1.165, 1.54) is 17.0 Å². The molecule has 0 saturated carbocycles. The van der Waals surface area contributed by atoms with Crippen LogP contribution in [-0.4, -0.2) is 17.1 Å². The molecular formula is C24H19N3O2. The highest BCUT2D eigenvalue weighted by molar-refractivity contribution is 5.94. The third-order valence-corrected chi connectivity index (χ3v) is 4.48. The van der Waals surface area contributed by atoms with Gasteiger partial charge < -0.3 is 4.74 Å². The predicted molar refractivity (Wildman–Crippen MR) is 114 cm³/mol. The van der Waals surface area contributed by atoms with Gasteiger partial charge in [0.25, 0.3) is 5.91 Å². The molecule has 4 rings (SSSR count). The molecule has 1 N–H and O–H groups in total. The summed E-state index contributed by atoms with van der Waals surface area (Å²) in [7, 11) is 0. The maximum atomic E-state index is 12.1. The zero-order valence-electron chi connectivity index (χ0n) is 15.7. The van der Waals surface area contributed by atoms with Gasteiger partial charge in [-0.05, 0) is 40.6 Å². The molecule has 0 saturated heterocycles. The van der Waals surface area contributed by atoms with Crippen LogP contribution in [0.1, 0.15) is 21.5 Å². The van der Waals surface area contributed by atoms with Crippen molar-refractivity contribution in [3.63, 3.8) is 0 Å². The molecule has 1 aromatic heterocycles. The Balaban J connectivity index is 1.46. The first kappa shape index (κ1) is 18.4. The molecule has 0 fully saturated rings. The highest BCUT2D eigenvalue weighted by Gasteiger charge is 2.06. The first-order valence-corrected chi connectivity index (χ1v) is 9.23. The van der Waals surface area contributed by atoms with E-state index in [1.807, 2.05) is 42.5 Å². The normalized spacial score (nSPS) is 10.9. The number of benzene rings is 3. The van der Waals surface area contributed by atoms with Gasteiger partial charge in [-0.2, -0.15) is 5.10 Å². The number of nitrogens with zero attached hydrogens (tertiary/aromatic N) is 2. The molecule has 4 aromatic rings. The third kappa shape index (κ3) is 4.47. The summed E-state index contributed by atoms with van der Waals surface area (Å²) in [6, 6.07) is 25.4. The molecule has 1 amide bonds. The van der Waals surface area contributed by atoms with Crippen LogP contribution in [0.15, 0.2) is 96.4 Å². The Morgan fingerprint density at radius 3 is 2.69 bits per heavy atom. The minimum atomic E-state index is -0.316. The predicted octanol–water partition coefficient (Wildman–Crippen LogP) is 4.58. The number of carbonyl (C=O) groups is 1. The molecular weight excluding hydrogens is 362 g/mol. The van der Waals surface area contributed by atoms with Crippen LogP contribution in [0.25, 0.3) is 10.8 Å². The van der Waals surface area contributed by atoms with E-state index in [0.717, 1.165) is 11.1 Å². The van der Waals surface area contributed by atoms with Crippen LogP contribution in [0.5, 0.6) is 5.75 Å². The smallest absolute Gasteiger partial charge is 0.272 e. The van der Waals surface area contributed by atoms with Crippen molar-refractivity contribution in [3.05, 3.63) is 108 Å². The lowest BCUT2D eigenvalue weighted by atomic mass is 10.1. The van der Waals surface area contributed by atoms with Crippen molar-refractivity contribution in [2.24, 2.45) is 5.10 Å². The summed E-state index contributed by atoms with van der Waals surface area (Å²) in [5.74, 6) is 0.378. The molecule has 0 bridgehead atoms. The zero-order valence-corrected chi connectivity index (χ0v) is 15.7. The molecule has 0 atom stereocenters. The summed E-state index contributed by atoms with van der Waals surface area (Å²) < 4.78 is 6.06. The molecule has 1 heterocycles. The number of hydrogen-bond donors (Lipinski definition) is 1. The van der Waals surface area contributed by atoms with Crippen molar-refractivity contribution < 1.29 is 9.53 Å². The Bertz CT molecular complexity index is 1150. The van der Waals surface area contributed by atoms with E-state index >= 15 is 0 Å². The van der Waals surface area contributed by atoms with E-state index in [2.05, 4.69) is 39.8 Å². The summed E-state index contributed by atoms with van der Waals surface area (Å²) in [5, 5.41) is 6.40. The van der Waals surface area contributed by atoms with Crippen LogP contribution in [-0.2, 0) is 6.61 Å². The van der Waals surface area contributed by atoms with Crippen LogP contribution in [0.2, 0.25) is 0 Å². The first-order valence-electron chi connectivity index (χ1n) is 9.23. The Hall–Kier alpha value is -3.99. The fourth-order valence-corrected chi connectivity index (χ4v) is 3.01. The molecule has 0 aliphatic heterocycles. The first-order chi connectivity index (χ1) is 14.3. The summed E-state index contributed by atoms with van der Waals surface area (Å²) >= 11 is 0. The molecule has 0 radical (unpaired) electrons. The Morgan fingerprint density at radius 1 is 0.966 bits per heavy atom. The van der Waals surface area contributed by atoms with E-state index in [-0.39, 0.29) is 5.91 Å². The Morgan fingerprint density at radius 2 is 1.79 bits per heavy atom. The maximum absolute atomic E-state index is 12.1. The molecule has 0 spiro atoms. The highest BCUT2D eigenvalue weighted by atomic mass is 16.5. The molecule has 5 nitrogen and oxygen atoms in total. The number of para-hydroxylation sites is 1. The van der Waals surface area contributed by atoms with Gasteiger partial charge in [0.2, 0.25) is 0 Å². The monoisotopic (exact) mass is 381 g/mol. The molecule has 0 unspecified atom stereocenters. The third-order valence-electron chi connectivity index (χ3n) is 4.48. The van der Waals surface area contributed by atoms with E-state index in [9.17, 15) is 4.79 Å². The van der Waals surface area contributed by atoms with Gasteiger partial charge in [0, 0.05) is 18.0 Å². The second kappa shape index (κ2) is 8.80. The number of amides is 1. The van der Waals surface area contributed by atoms with E-state index in [4.69, 9.17) is 4.74 Å². The molecule has 0 aliphatic carbocycles. The molecule has 0 aliphatic rings. The zero-order chi connectivity index (χ0) is 19.9. The lowest BCUT2D eigenvalue weighted by Gasteiger charge is -2.11. The van der Waals surface area contributed by atoms with Gasteiger partial charge >= 0.3 is 0 Å². The standard InChI is InChI=1S/C24H19N3O2/c28-24(20-11-6-14-25-15-20)27-26-16-19-8-2-4-13-23(19)29-17-21-10-5-9-18-7-1-3-12-22(18)21/h1-16H,17H2,(H,27,28)/b26-16+. The lowest BCUT2D eigenvalue weighted by molar-refractivity contribution is 0.0954. The van der Waals surface area contributed by atoms with Gasteiger partial charge in [-0.3, -0.25) is 9.78 Å². The van der Waals surface area contributed by atoms with Crippen molar-refractivity contribution >= 4 is 22.9 Å². The van der Waals surface area contributed by atoms with Gasteiger partial charge in [0.1, 0.15) is 12.4 Å². The van der Waals surface area contributed by atoms with Crippen molar-refractivity contribution in [3.8, 4) is 5.75 Å². The molecule has 3 aromatic carbocycles. The van der Waals surface area contributed by atoms with Crippen molar-refractivity contribution in [2.45, 2.75) is 6.61 Å². The Labute approximate surface area is 168 Å². The van der Waals surface area contributed by atoms with Gasteiger partial charge in [-0.15, -0.1) is 0 Å². The summed E-state index contributed by atoms with van der Waals surface area (Å²) in [6.07, 6.45) is 4.68. The van der Waals surface area contributed by atoms with Gasteiger partial charge in [0.05, 0.1) is 11.8 Å². The quantitative estimate of drug-likeness (QED) is 0.393. The van der Waals surface area contributed by atoms with Crippen molar-refractivity contribution in [1.29, 1.82) is 0 Å². The van der Waals surface area contributed by atoms with Crippen LogP contribution in [0.3, 0.4) is 0 Å². The SMILES string of the molecule is O=C(N/N=C/c1ccccc1OCc1cccc2ccccc12)c1cccnc1. The second-order valence-corrected chi connectivity index (χ2v) is 6.41. The van der Waals surface area contributed by atoms with Gasteiger partial charge in [-0.1, -0.05) is 54.6 Å². The fraction of sp³-hybridized carbons (Fsp3) is 0.0417. The van der Waals surface area contributed by atoms with Crippen molar-refractivity contribution in [2.75, 3.05) is 0 Å². The van der Waals surface area contributed by atoms with Gasteiger partial charge in [0.15, 0.2) is 0 Å². The molecule has 29 heavy (non-hydrogen) atoms. The summed E-state index contributed by atoms with van der Waals surface area (Å²) in [4.78, 5) is 16.0. The van der Waals surface area contributed by atoms with Crippen LogP contribution in [0.4, 0.5) is 0 Å². The number of fused-ring (bicyclic) bond motifs is 1. The summed E-state index contributed by atoms with van der Waals surface area (Å²) in [6.45, 7) is 0.439. The summed E-state index contributed by atoms with van der Waals surface area (Å²) in [5.41, 5.74) is 4.84. The van der Waals surface area contributed by atoms with Crippen LogP contribution < -0.4 is 10.2 Å². The van der Waals surface area contributed by atoms with E-state index in [0.29, 0.717) is 17.9 Å². The average molecular weight is 381 g/mol. The van der Waals surface area contributed by atoms with E-state index < -0.39 is 0 Å². The van der Waals surface area contributed by atoms with Crippen LogP contribution in [0, 0.1) is 0 Å². The fourth-order valence-electron chi connectivity index (χ4n) is 3.01. The van der Waals surface area contributed by atoms with Gasteiger partial charge in [-0.25, -0.2) is 5.43 Å². The number of nitrogens with one attached hydrogen (secondary N) is 1. The average Bonchev–Trinajstić information content (AvgIpc) is 2.79. The number of ether oxygens (including phenoxy) is 1. The number of aromatic nitrogens is 1. The minimum absolute atomic E-state index is 0.316. The second-order valence-electron chi connectivity index (χ2n) is 6.41. The van der Waals surface area contributed by atoms with Crippen LogP contribution >= 0.6 is 0 Å². The molecule has 5 heteroatoms. The topological polar surface area (TPSA) is 63.6 Å². The lowest BCUT2D eigenvalue weighted by Crippen LogP contribution is -2.17. The highest BCUT2D eigenvalue weighted by Crippen LogP contribution is 2.22. The number of hydrogen-bond acceptors (Lipinski definition) is 4. The van der Waals surface area contributed by atoms with Crippen molar-refractivity contribution in [1.82, 2.24) is 10.4 Å².